The standard InChI is InChI=1S/C15H22N2O3/c1-10-12(5-8-18-10)15(17-16)11-3-4-13-14(9-11)20-7-2-6-19-13/h3-4,9-10,12,15,17H,2,5-8,16H2,1H3. The number of ether oxygens (including phenoxy) is 3. The summed E-state index contributed by atoms with van der Waals surface area (Å²) in [7, 11) is 0. The van der Waals surface area contributed by atoms with E-state index in [9.17, 15) is 0 Å². The van der Waals surface area contributed by atoms with Gasteiger partial charge >= 0.3 is 0 Å². The van der Waals surface area contributed by atoms with Crippen molar-refractivity contribution in [3.63, 3.8) is 0 Å². The van der Waals surface area contributed by atoms with Crippen LogP contribution in [0.25, 0.3) is 0 Å². The Labute approximate surface area is 119 Å². The first-order valence-corrected chi connectivity index (χ1v) is 7.27. The maximum Gasteiger partial charge on any atom is 0.161 e. The Morgan fingerprint density at radius 1 is 1.20 bits per heavy atom. The van der Waals surface area contributed by atoms with Crippen LogP contribution in [0.3, 0.4) is 0 Å². The van der Waals surface area contributed by atoms with E-state index >= 15 is 0 Å². The smallest absolute Gasteiger partial charge is 0.161 e. The molecule has 0 amide bonds. The number of rotatable bonds is 3. The molecule has 3 N–H and O–H groups in total. The third-order valence-electron chi connectivity index (χ3n) is 4.17. The normalized spacial score (nSPS) is 27.1. The van der Waals surface area contributed by atoms with Crippen molar-refractivity contribution in [3.05, 3.63) is 23.8 Å². The molecule has 20 heavy (non-hydrogen) atoms. The topological polar surface area (TPSA) is 65.7 Å². The van der Waals surface area contributed by atoms with E-state index in [0.717, 1.165) is 36.5 Å². The summed E-state index contributed by atoms with van der Waals surface area (Å²) in [6.45, 7) is 4.30. The van der Waals surface area contributed by atoms with Gasteiger partial charge in [-0.05, 0) is 31.0 Å². The molecule has 2 aliphatic rings. The fraction of sp³-hybridized carbons (Fsp3) is 0.600. The van der Waals surface area contributed by atoms with Crippen LogP contribution in [-0.2, 0) is 4.74 Å². The molecule has 0 saturated carbocycles. The summed E-state index contributed by atoms with van der Waals surface area (Å²) >= 11 is 0. The molecular weight excluding hydrogens is 256 g/mol. The highest BCUT2D eigenvalue weighted by molar-refractivity contribution is 5.44. The van der Waals surface area contributed by atoms with Crippen molar-refractivity contribution in [1.82, 2.24) is 5.43 Å². The predicted molar refractivity (Wildman–Crippen MR) is 75.6 cm³/mol. The van der Waals surface area contributed by atoms with Gasteiger partial charge in [-0.1, -0.05) is 6.07 Å². The van der Waals surface area contributed by atoms with Crippen LogP contribution in [0.2, 0.25) is 0 Å². The fourth-order valence-corrected chi connectivity index (χ4v) is 3.03. The maximum absolute atomic E-state index is 5.78. The van der Waals surface area contributed by atoms with E-state index in [1.54, 1.807) is 0 Å². The van der Waals surface area contributed by atoms with Crippen LogP contribution < -0.4 is 20.7 Å². The highest BCUT2D eigenvalue weighted by Gasteiger charge is 2.32. The van der Waals surface area contributed by atoms with Crippen LogP contribution in [0.4, 0.5) is 0 Å². The van der Waals surface area contributed by atoms with Crippen LogP contribution in [0.1, 0.15) is 31.4 Å². The number of fused-ring (bicyclic) bond motifs is 1. The number of hydrazine groups is 1. The number of benzene rings is 1. The molecule has 110 valence electrons. The Bertz CT molecular complexity index is 466. The second-order valence-corrected chi connectivity index (χ2v) is 5.43. The fourth-order valence-electron chi connectivity index (χ4n) is 3.03. The minimum Gasteiger partial charge on any atom is -0.490 e. The Balaban J connectivity index is 1.86. The summed E-state index contributed by atoms with van der Waals surface area (Å²) in [5.41, 5.74) is 4.06. The van der Waals surface area contributed by atoms with Crippen LogP contribution in [0, 0.1) is 5.92 Å². The van der Waals surface area contributed by atoms with Crippen molar-refractivity contribution in [2.24, 2.45) is 11.8 Å². The van der Waals surface area contributed by atoms with Gasteiger partial charge in [-0.25, -0.2) is 0 Å². The first-order valence-electron chi connectivity index (χ1n) is 7.27. The molecule has 0 radical (unpaired) electrons. The van der Waals surface area contributed by atoms with E-state index < -0.39 is 0 Å². The molecule has 1 fully saturated rings. The summed E-state index contributed by atoms with van der Waals surface area (Å²) in [4.78, 5) is 0. The van der Waals surface area contributed by atoms with Gasteiger partial charge in [0.15, 0.2) is 11.5 Å². The van der Waals surface area contributed by atoms with Crippen LogP contribution in [0.15, 0.2) is 18.2 Å². The molecule has 1 saturated heterocycles. The molecule has 3 rings (SSSR count). The molecule has 0 spiro atoms. The van der Waals surface area contributed by atoms with E-state index in [1.165, 1.54) is 0 Å². The number of nitrogens with one attached hydrogen (secondary N) is 1. The lowest BCUT2D eigenvalue weighted by atomic mass is 9.88. The lowest BCUT2D eigenvalue weighted by Crippen LogP contribution is -2.36. The summed E-state index contributed by atoms with van der Waals surface area (Å²) in [6, 6.07) is 6.14. The Kier molecular flexibility index (Phi) is 4.10. The highest BCUT2D eigenvalue weighted by atomic mass is 16.5. The summed E-state index contributed by atoms with van der Waals surface area (Å²) in [5.74, 6) is 7.78. The van der Waals surface area contributed by atoms with Gasteiger partial charge in [0.25, 0.3) is 0 Å². The zero-order chi connectivity index (χ0) is 13.9. The van der Waals surface area contributed by atoms with Gasteiger partial charge in [0.05, 0.1) is 25.4 Å². The second kappa shape index (κ2) is 5.99. The van der Waals surface area contributed by atoms with Crippen molar-refractivity contribution < 1.29 is 14.2 Å². The molecule has 0 aromatic heterocycles. The van der Waals surface area contributed by atoms with E-state index in [1.807, 2.05) is 12.1 Å². The van der Waals surface area contributed by atoms with Gasteiger partial charge in [-0.15, -0.1) is 0 Å². The molecule has 1 aromatic rings. The highest BCUT2D eigenvalue weighted by Crippen LogP contribution is 2.37. The molecule has 3 atom stereocenters. The van der Waals surface area contributed by atoms with Crippen molar-refractivity contribution in [3.8, 4) is 11.5 Å². The minimum atomic E-state index is 0.0738. The van der Waals surface area contributed by atoms with Crippen molar-refractivity contribution >= 4 is 0 Å². The van der Waals surface area contributed by atoms with Crippen molar-refractivity contribution in [2.45, 2.75) is 31.9 Å². The quantitative estimate of drug-likeness (QED) is 0.651. The molecule has 2 heterocycles. The van der Waals surface area contributed by atoms with E-state index in [-0.39, 0.29) is 12.1 Å². The third-order valence-corrected chi connectivity index (χ3v) is 4.17. The summed E-state index contributed by atoms with van der Waals surface area (Å²) in [5, 5.41) is 0. The largest absolute Gasteiger partial charge is 0.490 e. The van der Waals surface area contributed by atoms with Gasteiger partial charge < -0.3 is 14.2 Å². The lowest BCUT2D eigenvalue weighted by Gasteiger charge is -2.26. The van der Waals surface area contributed by atoms with E-state index in [2.05, 4.69) is 18.4 Å². The Morgan fingerprint density at radius 3 is 2.70 bits per heavy atom. The van der Waals surface area contributed by atoms with E-state index in [0.29, 0.717) is 19.1 Å². The average molecular weight is 278 g/mol. The first kappa shape index (κ1) is 13.7. The number of nitrogens with two attached hydrogens (primary N) is 1. The minimum absolute atomic E-state index is 0.0738. The van der Waals surface area contributed by atoms with Gasteiger partial charge in [-0.3, -0.25) is 11.3 Å². The SMILES string of the molecule is CC1OCCC1C(NN)c1ccc2c(c1)OCCCO2. The van der Waals surface area contributed by atoms with E-state index in [4.69, 9.17) is 20.1 Å². The molecule has 0 bridgehead atoms. The maximum atomic E-state index is 5.78. The monoisotopic (exact) mass is 278 g/mol. The Hall–Kier alpha value is -1.30. The van der Waals surface area contributed by atoms with Gasteiger partial charge in [0, 0.05) is 18.9 Å². The van der Waals surface area contributed by atoms with Crippen LogP contribution in [0.5, 0.6) is 11.5 Å². The van der Waals surface area contributed by atoms with Gasteiger partial charge in [0.2, 0.25) is 0 Å². The van der Waals surface area contributed by atoms with Crippen molar-refractivity contribution in [2.75, 3.05) is 19.8 Å². The zero-order valence-electron chi connectivity index (χ0n) is 11.8. The molecule has 1 aromatic carbocycles. The second-order valence-electron chi connectivity index (χ2n) is 5.43. The van der Waals surface area contributed by atoms with Gasteiger partial charge in [0.1, 0.15) is 0 Å². The van der Waals surface area contributed by atoms with Crippen LogP contribution >= 0.6 is 0 Å². The third kappa shape index (κ3) is 2.61. The number of hydrogen-bond donors (Lipinski definition) is 2. The number of hydrogen-bond acceptors (Lipinski definition) is 5. The zero-order valence-corrected chi connectivity index (χ0v) is 11.8. The van der Waals surface area contributed by atoms with Gasteiger partial charge in [-0.2, -0.15) is 0 Å². The molecule has 2 aliphatic heterocycles. The molecular formula is C15H22N2O3. The molecule has 5 heteroatoms. The predicted octanol–water partition coefficient (Wildman–Crippen LogP) is 1.78. The lowest BCUT2D eigenvalue weighted by molar-refractivity contribution is 0.0953. The summed E-state index contributed by atoms with van der Waals surface area (Å²) < 4.78 is 17.1. The van der Waals surface area contributed by atoms with Crippen LogP contribution in [-0.4, -0.2) is 25.9 Å². The molecule has 5 nitrogen and oxygen atoms in total. The molecule has 0 aliphatic carbocycles. The molecule has 3 unspecified atom stereocenters. The summed E-state index contributed by atoms with van der Waals surface area (Å²) in [6.07, 6.45) is 2.15. The van der Waals surface area contributed by atoms with Crippen molar-refractivity contribution in [1.29, 1.82) is 0 Å². The average Bonchev–Trinajstić information content (AvgIpc) is 2.75. The first-order chi connectivity index (χ1) is 9.79. The Morgan fingerprint density at radius 2 is 2.00 bits per heavy atom.